The molecule has 3 aromatic rings. The summed E-state index contributed by atoms with van der Waals surface area (Å²) >= 11 is 0. The summed E-state index contributed by atoms with van der Waals surface area (Å²) in [5.74, 6) is 0.424. The van der Waals surface area contributed by atoms with E-state index in [4.69, 9.17) is 4.74 Å². The first kappa shape index (κ1) is 13.3. The van der Waals surface area contributed by atoms with Crippen LogP contribution in [0.15, 0.2) is 42.6 Å². The number of esters is 1. The van der Waals surface area contributed by atoms with Gasteiger partial charge in [-0.25, -0.2) is 4.79 Å². The number of benzene rings is 1. The molecule has 0 radical (unpaired) electrons. The lowest BCUT2D eigenvalue weighted by Gasteiger charge is -2.04. The van der Waals surface area contributed by atoms with Crippen LogP contribution in [-0.4, -0.2) is 27.7 Å². The second-order valence-corrected chi connectivity index (χ2v) is 4.92. The van der Waals surface area contributed by atoms with E-state index >= 15 is 0 Å². The van der Waals surface area contributed by atoms with Crippen LogP contribution in [0.1, 0.15) is 27.3 Å². The highest BCUT2D eigenvalue weighted by Gasteiger charge is 2.11. The number of carbonyl (C=O) groups excluding carboxylic acids is 1. The quantitative estimate of drug-likeness (QED) is 0.692. The van der Waals surface area contributed by atoms with Crippen LogP contribution < -0.4 is 0 Å². The molecule has 1 aromatic carbocycles. The number of aromatic nitrogens is 3. The van der Waals surface area contributed by atoms with Gasteiger partial charge in [-0.05, 0) is 24.6 Å². The maximum Gasteiger partial charge on any atom is 0.339 e. The third-order valence-corrected chi connectivity index (χ3v) is 3.34. The summed E-state index contributed by atoms with van der Waals surface area (Å²) in [4.78, 5) is 11.6. The Labute approximate surface area is 122 Å². The molecule has 3 rings (SSSR count). The van der Waals surface area contributed by atoms with Crippen LogP contribution in [0, 0.1) is 6.92 Å². The van der Waals surface area contributed by atoms with Crippen molar-refractivity contribution in [2.75, 3.05) is 7.11 Å². The Bertz CT molecular complexity index is 808. The van der Waals surface area contributed by atoms with Gasteiger partial charge in [-0.3, -0.25) is 4.40 Å². The van der Waals surface area contributed by atoms with Crippen molar-refractivity contribution in [3.05, 3.63) is 65.1 Å². The largest absolute Gasteiger partial charge is 0.465 e. The topological polar surface area (TPSA) is 56.5 Å². The Hall–Kier alpha value is -2.69. The predicted molar refractivity (Wildman–Crippen MR) is 78.3 cm³/mol. The molecule has 0 aliphatic heterocycles. The average molecular weight is 281 g/mol. The fraction of sp³-hybridized carbons (Fsp3) is 0.188. The van der Waals surface area contributed by atoms with Crippen LogP contribution in [0.2, 0.25) is 0 Å². The van der Waals surface area contributed by atoms with Crippen molar-refractivity contribution in [3.63, 3.8) is 0 Å². The molecule has 0 bridgehead atoms. The minimum atomic E-state index is -0.368. The molecule has 0 aliphatic rings. The highest BCUT2D eigenvalue weighted by atomic mass is 16.5. The first-order valence-electron chi connectivity index (χ1n) is 6.65. The van der Waals surface area contributed by atoms with E-state index in [-0.39, 0.29) is 5.97 Å². The smallest absolute Gasteiger partial charge is 0.339 e. The number of carbonyl (C=O) groups is 1. The van der Waals surface area contributed by atoms with Gasteiger partial charge in [-0.15, -0.1) is 10.2 Å². The van der Waals surface area contributed by atoms with Gasteiger partial charge >= 0.3 is 5.97 Å². The van der Waals surface area contributed by atoms with E-state index in [9.17, 15) is 4.79 Å². The van der Waals surface area contributed by atoms with E-state index in [1.165, 1.54) is 12.7 Å². The number of fused-ring (bicyclic) bond motifs is 1. The molecule has 21 heavy (non-hydrogen) atoms. The molecule has 5 nitrogen and oxygen atoms in total. The van der Waals surface area contributed by atoms with Crippen molar-refractivity contribution < 1.29 is 9.53 Å². The molecule has 0 N–H and O–H groups in total. The predicted octanol–water partition coefficient (Wildman–Crippen LogP) is 2.42. The van der Waals surface area contributed by atoms with Crippen molar-refractivity contribution in [1.82, 2.24) is 14.6 Å². The Morgan fingerprint density at radius 3 is 2.86 bits per heavy atom. The van der Waals surface area contributed by atoms with E-state index in [0.29, 0.717) is 17.6 Å². The van der Waals surface area contributed by atoms with Crippen molar-refractivity contribution in [2.45, 2.75) is 13.3 Å². The fourth-order valence-electron chi connectivity index (χ4n) is 2.30. The van der Waals surface area contributed by atoms with Gasteiger partial charge in [-0.1, -0.05) is 29.8 Å². The zero-order chi connectivity index (χ0) is 14.8. The van der Waals surface area contributed by atoms with Crippen LogP contribution >= 0.6 is 0 Å². The average Bonchev–Trinajstić information content (AvgIpc) is 2.89. The number of rotatable bonds is 3. The zero-order valence-electron chi connectivity index (χ0n) is 11.9. The highest BCUT2D eigenvalue weighted by Crippen LogP contribution is 2.13. The molecule has 0 fully saturated rings. The van der Waals surface area contributed by atoms with Crippen molar-refractivity contribution in [2.24, 2.45) is 0 Å². The number of hydrogen-bond acceptors (Lipinski definition) is 4. The summed E-state index contributed by atoms with van der Waals surface area (Å²) < 4.78 is 6.57. The number of nitrogens with zero attached hydrogens (tertiary/aromatic N) is 3. The van der Waals surface area contributed by atoms with Gasteiger partial charge in [0.2, 0.25) is 0 Å². The summed E-state index contributed by atoms with van der Waals surface area (Å²) in [5, 5.41) is 8.33. The third kappa shape index (κ3) is 2.63. The monoisotopic (exact) mass is 281 g/mol. The molecule has 5 heteroatoms. The van der Waals surface area contributed by atoms with Gasteiger partial charge in [0.05, 0.1) is 12.7 Å². The highest BCUT2D eigenvalue weighted by molar-refractivity contribution is 5.89. The molecule has 2 aromatic heterocycles. The van der Waals surface area contributed by atoms with Gasteiger partial charge in [0.15, 0.2) is 5.65 Å². The second-order valence-electron chi connectivity index (χ2n) is 4.92. The molecule has 0 saturated carbocycles. The maximum atomic E-state index is 11.6. The van der Waals surface area contributed by atoms with Crippen LogP contribution in [0.3, 0.4) is 0 Å². The van der Waals surface area contributed by atoms with Gasteiger partial charge in [0, 0.05) is 12.6 Å². The number of aryl methyl sites for hydroxylation is 1. The van der Waals surface area contributed by atoms with E-state index in [0.717, 1.165) is 11.4 Å². The van der Waals surface area contributed by atoms with E-state index in [1.54, 1.807) is 18.3 Å². The zero-order valence-corrected chi connectivity index (χ0v) is 11.9. The minimum Gasteiger partial charge on any atom is -0.465 e. The number of pyridine rings is 1. The number of methoxy groups -OCH3 is 1. The lowest BCUT2D eigenvalue weighted by Crippen LogP contribution is -2.04. The summed E-state index contributed by atoms with van der Waals surface area (Å²) in [7, 11) is 1.37. The standard InChI is InChI=1S/C16H15N3O2/c1-11-4-3-5-12(8-11)9-15-18-17-14-7-6-13(10-19(14)15)16(20)21-2/h3-8,10H,9H2,1-2H3. The Morgan fingerprint density at radius 2 is 2.10 bits per heavy atom. The Balaban J connectivity index is 2.00. The van der Waals surface area contributed by atoms with Crippen LogP contribution in [0.5, 0.6) is 0 Å². The van der Waals surface area contributed by atoms with E-state index in [1.807, 2.05) is 10.5 Å². The molecule has 106 valence electrons. The fourth-order valence-corrected chi connectivity index (χ4v) is 2.30. The molecular formula is C16H15N3O2. The van der Waals surface area contributed by atoms with E-state index < -0.39 is 0 Å². The summed E-state index contributed by atoms with van der Waals surface area (Å²) in [6.45, 7) is 2.06. The summed E-state index contributed by atoms with van der Waals surface area (Å²) in [6, 6.07) is 11.7. The maximum absolute atomic E-state index is 11.6. The molecule has 0 saturated heterocycles. The first-order valence-corrected chi connectivity index (χ1v) is 6.65. The van der Waals surface area contributed by atoms with Gasteiger partial charge in [-0.2, -0.15) is 0 Å². The lowest BCUT2D eigenvalue weighted by molar-refractivity contribution is 0.0600. The SMILES string of the molecule is COC(=O)c1ccc2nnc(Cc3cccc(C)c3)n2c1. The van der Waals surface area contributed by atoms with Crippen LogP contribution in [0.25, 0.3) is 5.65 Å². The van der Waals surface area contributed by atoms with Gasteiger partial charge < -0.3 is 4.74 Å². The Morgan fingerprint density at radius 1 is 1.24 bits per heavy atom. The Kier molecular flexibility index (Phi) is 3.39. The number of hydrogen-bond donors (Lipinski definition) is 0. The van der Waals surface area contributed by atoms with Crippen LogP contribution in [-0.2, 0) is 11.2 Å². The van der Waals surface area contributed by atoms with E-state index in [2.05, 4.69) is 35.3 Å². The lowest BCUT2D eigenvalue weighted by atomic mass is 10.1. The molecule has 0 spiro atoms. The van der Waals surface area contributed by atoms with Gasteiger partial charge in [0.25, 0.3) is 0 Å². The van der Waals surface area contributed by atoms with Crippen molar-refractivity contribution in [3.8, 4) is 0 Å². The van der Waals surface area contributed by atoms with Crippen LogP contribution in [0.4, 0.5) is 0 Å². The summed E-state index contributed by atoms with van der Waals surface area (Å²) in [5.41, 5.74) is 3.56. The first-order chi connectivity index (χ1) is 10.2. The summed E-state index contributed by atoms with van der Waals surface area (Å²) in [6.07, 6.45) is 2.37. The molecule has 0 amide bonds. The molecule has 2 heterocycles. The molecule has 0 unspecified atom stereocenters. The molecule has 0 aliphatic carbocycles. The number of ether oxygens (including phenoxy) is 1. The van der Waals surface area contributed by atoms with Crippen molar-refractivity contribution in [1.29, 1.82) is 0 Å². The molecular weight excluding hydrogens is 266 g/mol. The van der Waals surface area contributed by atoms with Gasteiger partial charge in [0.1, 0.15) is 5.82 Å². The molecule has 0 atom stereocenters. The van der Waals surface area contributed by atoms with Crippen molar-refractivity contribution >= 4 is 11.6 Å². The minimum absolute atomic E-state index is 0.368. The normalized spacial score (nSPS) is 10.8. The third-order valence-electron chi connectivity index (χ3n) is 3.34. The second kappa shape index (κ2) is 5.36.